The summed E-state index contributed by atoms with van der Waals surface area (Å²) in [5, 5.41) is 37.3. The minimum Gasteiger partial charge on any atom is -0.0623 e. The van der Waals surface area contributed by atoms with Crippen molar-refractivity contribution in [2.24, 2.45) is 0 Å². The van der Waals surface area contributed by atoms with Crippen molar-refractivity contribution in [2.75, 3.05) is 0 Å². The SMILES string of the molecule is c1cc2ccc3cccc4ccc(c1)c2c34.c1ccc2c(c1)c1ccccc1c1ccccc21.c1ccc2c(c1)ccc1c3ccccc3ccc21.c1ccc2c(c1)ccc1ccccc12.c1ccc2cc3ccccc3cc2c1.c1ccc2ccccc2c1.c1ccccc1. The minimum atomic E-state index is 1.31. The molecule has 0 N–H and O–H groups in total. The van der Waals surface area contributed by atoms with E-state index in [4.69, 9.17) is 0 Å². The molecule has 21 aromatic rings. The molecule has 0 atom stereocenters. The van der Waals surface area contributed by atoms with Gasteiger partial charge in [0.25, 0.3) is 0 Å². The van der Waals surface area contributed by atoms with Gasteiger partial charge in [0, 0.05) is 0 Å². The molecule has 0 bridgehead atoms. The van der Waals surface area contributed by atoms with Crippen molar-refractivity contribution in [2.45, 2.75) is 0 Å². The standard InChI is InChI=1S/2C18H12.C16H10.2C14H10.C10H8.C6H6/c1-3-7-15-13(5-1)9-11-18-16-8-4-2-6-14(16)10-12-17(15)18;1-2-8-14-13(7-1)15-9-3-4-11-17(15)18-12-6-5-10-16(14)18;1-3-11-7-9-13-5-2-6-14-10-8-12(4-1)15(11)16(13)14;1-3-7-13-11(5-1)9-10-12-6-2-4-8-14(12)13;1-2-6-12-10-14-8-4-3-7-13(14)9-11(12)5-1;1-2-6-10-8-4-3-7-9(10)5-1;1-2-4-6-5-3-1/h2*1-12H;1-10H;2*1-10H;1-8H;1-6H. The first-order valence-electron chi connectivity index (χ1n) is 33.0. The van der Waals surface area contributed by atoms with Crippen LogP contribution in [0.15, 0.2) is 413 Å². The van der Waals surface area contributed by atoms with E-state index in [0.29, 0.717) is 0 Å². The summed E-state index contributed by atoms with van der Waals surface area (Å²) in [5.41, 5.74) is 0. The highest BCUT2D eigenvalue weighted by Crippen LogP contribution is 2.37. The van der Waals surface area contributed by atoms with Crippen molar-refractivity contribution in [1.82, 2.24) is 0 Å². The fraction of sp³-hybridized carbons (Fsp3) is 0. The van der Waals surface area contributed by atoms with E-state index in [1.54, 1.807) is 0 Å². The van der Waals surface area contributed by atoms with Crippen LogP contribution in [0.4, 0.5) is 0 Å². The molecule has 0 aliphatic carbocycles. The highest BCUT2D eigenvalue weighted by Gasteiger charge is 2.09. The molecule has 0 saturated carbocycles. The smallest absolute Gasteiger partial charge is 0.00268 e. The van der Waals surface area contributed by atoms with Crippen LogP contribution in [0.2, 0.25) is 0 Å². The van der Waals surface area contributed by atoms with E-state index in [-0.39, 0.29) is 0 Å². The molecular formula is C96H68. The average Bonchev–Trinajstić information content (AvgIpc) is 0.755. The lowest BCUT2D eigenvalue weighted by molar-refractivity contribution is 1.72. The summed E-state index contributed by atoms with van der Waals surface area (Å²) in [6, 6.07) is 145. The van der Waals surface area contributed by atoms with E-state index in [0.717, 1.165) is 0 Å². The molecule has 0 aliphatic rings. The van der Waals surface area contributed by atoms with Crippen LogP contribution in [-0.4, -0.2) is 0 Å². The lowest BCUT2D eigenvalue weighted by atomic mass is 9.95. The Labute approximate surface area is 559 Å². The zero-order chi connectivity index (χ0) is 64.2. The third-order valence-corrected chi connectivity index (χ3v) is 18.3. The molecule has 0 saturated heterocycles. The summed E-state index contributed by atoms with van der Waals surface area (Å²) < 4.78 is 0. The molecule has 0 spiro atoms. The molecule has 0 heteroatoms. The Morgan fingerprint density at radius 1 is 0.0833 bits per heavy atom. The molecule has 0 unspecified atom stereocenters. The van der Waals surface area contributed by atoms with E-state index < -0.39 is 0 Å². The Morgan fingerprint density at radius 3 is 0.490 bits per heavy atom. The molecule has 21 aromatic carbocycles. The second-order valence-corrected chi connectivity index (χ2v) is 24.2. The molecule has 0 nitrogen and oxygen atoms in total. The third kappa shape index (κ3) is 12.8. The number of hydrogen-bond acceptors (Lipinski definition) is 0. The quantitative estimate of drug-likeness (QED) is 0.105. The van der Waals surface area contributed by atoms with Gasteiger partial charge in [-0.1, -0.05) is 400 Å². The fourth-order valence-electron chi connectivity index (χ4n) is 13.7. The van der Waals surface area contributed by atoms with Crippen LogP contribution in [0.1, 0.15) is 0 Å². The largest absolute Gasteiger partial charge is 0.0623 e. The topological polar surface area (TPSA) is 0 Å². The van der Waals surface area contributed by atoms with Crippen LogP contribution >= 0.6 is 0 Å². The lowest BCUT2D eigenvalue weighted by Crippen LogP contribution is -1.82. The number of hydrogen-bond donors (Lipinski definition) is 0. The van der Waals surface area contributed by atoms with Crippen LogP contribution in [0.5, 0.6) is 0 Å². The maximum absolute atomic E-state index is 2.24. The Bertz CT molecular complexity index is 5530. The Morgan fingerprint density at radius 2 is 0.240 bits per heavy atom. The van der Waals surface area contributed by atoms with E-state index >= 15 is 0 Å². The van der Waals surface area contributed by atoms with Crippen molar-refractivity contribution < 1.29 is 0 Å². The maximum Gasteiger partial charge on any atom is -0.00268 e. The minimum absolute atomic E-state index is 1.31. The van der Waals surface area contributed by atoms with Gasteiger partial charge in [-0.05, 0) is 163 Å². The Balaban J connectivity index is 0.0000000936. The maximum atomic E-state index is 2.24. The first kappa shape index (κ1) is 59.8. The monoisotopic (exact) mass is 1220 g/mol. The number of fused-ring (bicyclic) bond motifs is 17. The second-order valence-electron chi connectivity index (χ2n) is 24.2. The van der Waals surface area contributed by atoms with E-state index in [1.165, 1.54) is 151 Å². The summed E-state index contributed by atoms with van der Waals surface area (Å²) in [7, 11) is 0. The van der Waals surface area contributed by atoms with Crippen LogP contribution in [-0.2, 0) is 0 Å². The average molecular weight is 1220 g/mol. The summed E-state index contributed by atoms with van der Waals surface area (Å²) in [6.45, 7) is 0. The van der Waals surface area contributed by atoms with Crippen molar-refractivity contribution in [3.05, 3.63) is 413 Å². The predicted octanol–water partition coefficient (Wildman–Crippen LogP) is 27.4. The number of benzene rings is 21. The van der Waals surface area contributed by atoms with Crippen molar-refractivity contribution in [3.63, 3.8) is 0 Å². The highest BCUT2D eigenvalue weighted by molar-refractivity contribution is 6.26. The summed E-state index contributed by atoms with van der Waals surface area (Å²) in [4.78, 5) is 0. The van der Waals surface area contributed by atoms with E-state index in [2.05, 4.69) is 376 Å². The first-order valence-corrected chi connectivity index (χ1v) is 33.0. The molecular weight excluding hydrogens is 1150 g/mol. The zero-order valence-electron chi connectivity index (χ0n) is 53.3. The van der Waals surface area contributed by atoms with Gasteiger partial charge < -0.3 is 0 Å². The van der Waals surface area contributed by atoms with Gasteiger partial charge in [-0.25, -0.2) is 0 Å². The molecule has 0 amide bonds. The van der Waals surface area contributed by atoms with Gasteiger partial charge in [0.2, 0.25) is 0 Å². The normalized spacial score (nSPS) is 10.9. The van der Waals surface area contributed by atoms with Gasteiger partial charge in [-0.15, -0.1) is 0 Å². The van der Waals surface area contributed by atoms with Gasteiger partial charge >= 0.3 is 0 Å². The van der Waals surface area contributed by atoms with Gasteiger partial charge in [0.15, 0.2) is 0 Å². The van der Waals surface area contributed by atoms with Crippen LogP contribution < -0.4 is 0 Å². The molecule has 96 heavy (non-hydrogen) atoms. The van der Waals surface area contributed by atoms with Crippen molar-refractivity contribution >= 4 is 151 Å². The zero-order valence-corrected chi connectivity index (χ0v) is 53.3. The van der Waals surface area contributed by atoms with Crippen LogP contribution in [0.25, 0.3) is 151 Å². The third-order valence-electron chi connectivity index (χ3n) is 18.3. The second kappa shape index (κ2) is 28.2. The van der Waals surface area contributed by atoms with E-state index in [1.807, 2.05) is 36.4 Å². The van der Waals surface area contributed by atoms with Crippen molar-refractivity contribution in [1.29, 1.82) is 0 Å². The number of rotatable bonds is 0. The van der Waals surface area contributed by atoms with Crippen LogP contribution in [0, 0.1) is 0 Å². The van der Waals surface area contributed by atoms with Gasteiger partial charge in [0.1, 0.15) is 0 Å². The molecule has 0 aromatic heterocycles. The van der Waals surface area contributed by atoms with Gasteiger partial charge in [-0.3, -0.25) is 0 Å². The van der Waals surface area contributed by atoms with Gasteiger partial charge in [0.05, 0.1) is 0 Å². The Hall–Kier alpha value is -12.5. The predicted molar refractivity (Wildman–Crippen MR) is 421 cm³/mol. The van der Waals surface area contributed by atoms with Crippen LogP contribution in [0.3, 0.4) is 0 Å². The summed E-state index contributed by atoms with van der Waals surface area (Å²) >= 11 is 0. The molecule has 0 fully saturated rings. The highest BCUT2D eigenvalue weighted by atomic mass is 14.1. The summed E-state index contributed by atoms with van der Waals surface area (Å²) in [6.07, 6.45) is 0. The summed E-state index contributed by atoms with van der Waals surface area (Å²) in [5.74, 6) is 0. The fourth-order valence-corrected chi connectivity index (χ4v) is 13.7. The van der Waals surface area contributed by atoms with E-state index in [9.17, 15) is 0 Å². The Kier molecular flexibility index (Phi) is 17.5. The molecule has 0 heterocycles. The van der Waals surface area contributed by atoms with Gasteiger partial charge in [-0.2, -0.15) is 0 Å². The molecule has 452 valence electrons. The molecule has 0 radical (unpaired) electrons. The molecule has 0 aliphatic heterocycles. The van der Waals surface area contributed by atoms with Crippen molar-refractivity contribution in [3.8, 4) is 0 Å². The first-order chi connectivity index (χ1) is 47.7. The molecule has 21 rings (SSSR count). The lowest BCUT2D eigenvalue weighted by Gasteiger charge is -2.09.